The van der Waals surface area contributed by atoms with Crippen LogP contribution >= 0.6 is 0 Å². The second-order valence-corrected chi connectivity index (χ2v) is 3.63. The predicted molar refractivity (Wildman–Crippen MR) is 51.8 cm³/mol. The van der Waals surface area contributed by atoms with E-state index in [2.05, 4.69) is 17.1 Å². The number of morpholine rings is 1. The molecular formula is C9H20N2O2. The molecule has 78 valence electrons. The molecular weight excluding hydrogens is 168 g/mol. The molecule has 4 nitrogen and oxygen atoms in total. The number of aliphatic hydroxyl groups is 1. The molecule has 0 aliphatic carbocycles. The van der Waals surface area contributed by atoms with Crippen molar-refractivity contribution < 1.29 is 9.84 Å². The highest BCUT2D eigenvalue weighted by atomic mass is 16.5. The molecule has 0 aromatic heterocycles. The summed E-state index contributed by atoms with van der Waals surface area (Å²) >= 11 is 0. The van der Waals surface area contributed by atoms with E-state index in [0.29, 0.717) is 12.6 Å². The van der Waals surface area contributed by atoms with Crippen LogP contribution in [0.15, 0.2) is 0 Å². The van der Waals surface area contributed by atoms with E-state index < -0.39 is 0 Å². The summed E-state index contributed by atoms with van der Waals surface area (Å²) in [6.07, 6.45) is -0.273. The van der Waals surface area contributed by atoms with Gasteiger partial charge in [-0.05, 0) is 14.0 Å². The predicted octanol–water partition coefficient (Wildman–Crippen LogP) is -0.713. The second kappa shape index (κ2) is 5.54. The minimum Gasteiger partial charge on any atom is -0.390 e. The van der Waals surface area contributed by atoms with Gasteiger partial charge >= 0.3 is 0 Å². The zero-order valence-electron chi connectivity index (χ0n) is 8.49. The molecule has 1 heterocycles. The van der Waals surface area contributed by atoms with Gasteiger partial charge in [0, 0.05) is 25.7 Å². The van der Waals surface area contributed by atoms with Crippen LogP contribution < -0.4 is 5.32 Å². The number of likely N-dealkylation sites (N-methyl/N-ethyl adjacent to an activating group) is 1. The first-order valence-corrected chi connectivity index (χ1v) is 4.88. The molecule has 1 fully saturated rings. The van der Waals surface area contributed by atoms with Crippen molar-refractivity contribution in [1.29, 1.82) is 0 Å². The van der Waals surface area contributed by atoms with Crippen molar-refractivity contribution in [2.24, 2.45) is 0 Å². The lowest BCUT2D eigenvalue weighted by molar-refractivity contribution is -0.0193. The monoisotopic (exact) mass is 188 g/mol. The third-order valence-corrected chi connectivity index (χ3v) is 2.39. The Labute approximate surface area is 79.9 Å². The summed E-state index contributed by atoms with van der Waals surface area (Å²) in [5, 5.41) is 12.5. The number of nitrogens with zero attached hydrogens (tertiary/aromatic N) is 1. The summed E-state index contributed by atoms with van der Waals surface area (Å²) in [7, 11) is 1.85. The molecule has 1 aliphatic rings. The molecule has 0 spiro atoms. The smallest absolute Gasteiger partial charge is 0.0791 e. The summed E-state index contributed by atoms with van der Waals surface area (Å²) in [6.45, 7) is 6.03. The molecule has 1 aliphatic heterocycles. The maximum atomic E-state index is 9.57. The lowest BCUT2D eigenvalue weighted by Crippen LogP contribution is -2.48. The first kappa shape index (κ1) is 10.9. The van der Waals surface area contributed by atoms with Gasteiger partial charge in [0.25, 0.3) is 0 Å². The number of β-amino-alcohol motifs (C(OH)–C–C–N with tert-alkyl or cyclic N) is 1. The Balaban J connectivity index is 2.25. The molecule has 2 atom stereocenters. The van der Waals surface area contributed by atoms with Crippen LogP contribution in [0.25, 0.3) is 0 Å². The molecule has 4 heteroatoms. The van der Waals surface area contributed by atoms with Crippen LogP contribution in [-0.4, -0.2) is 62.0 Å². The van der Waals surface area contributed by atoms with Crippen molar-refractivity contribution in [3.05, 3.63) is 0 Å². The van der Waals surface area contributed by atoms with Crippen LogP contribution in [0.1, 0.15) is 6.92 Å². The fraction of sp³-hybridized carbons (Fsp3) is 1.00. The summed E-state index contributed by atoms with van der Waals surface area (Å²) in [5.74, 6) is 0. The molecule has 0 saturated carbocycles. The van der Waals surface area contributed by atoms with Crippen LogP contribution in [-0.2, 0) is 4.74 Å². The Morgan fingerprint density at radius 2 is 2.46 bits per heavy atom. The van der Waals surface area contributed by atoms with Crippen LogP contribution in [0.3, 0.4) is 0 Å². The zero-order valence-corrected chi connectivity index (χ0v) is 8.49. The fourth-order valence-electron chi connectivity index (χ4n) is 1.60. The van der Waals surface area contributed by atoms with E-state index in [0.717, 1.165) is 26.3 Å². The third-order valence-electron chi connectivity index (χ3n) is 2.39. The van der Waals surface area contributed by atoms with Crippen molar-refractivity contribution in [1.82, 2.24) is 10.2 Å². The lowest BCUT2D eigenvalue weighted by atomic mass is 10.2. The Kier molecular flexibility index (Phi) is 4.66. The van der Waals surface area contributed by atoms with Gasteiger partial charge in [-0.2, -0.15) is 0 Å². The van der Waals surface area contributed by atoms with Crippen molar-refractivity contribution in [3.8, 4) is 0 Å². The third kappa shape index (κ3) is 3.60. The number of aliphatic hydroxyl groups excluding tert-OH is 1. The number of hydrogen-bond donors (Lipinski definition) is 2. The van der Waals surface area contributed by atoms with Gasteiger partial charge in [-0.1, -0.05) is 0 Å². The SMILES string of the molecule is CNCC(O)CN1CCOCC1C. The van der Waals surface area contributed by atoms with Gasteiger partial charge in [-0.3, -0.25) is 4.90 Å². The first-order valence-electron chi connectivity index (χ1n) is 4.88. The van der Waals surface area contributed by atoms with E-state index in [9.17, 15) is 5.11 Å². The van der Waals surface area contributed by atoms with Gasteiger partial charge in [0.05, 0.1) is 19.3 Å². The van der Waals surface area contributed by atoms with E-state index in [1.54, 1.807) is 0 Å². The summed E-state index contributed by atoms with van der Waals surface area (Å²) < 4.78 is 5.31. The van der Waals surface area contributed by atoms with Crippen molar-refractivity contribution in [2.45, 2.75) is 19.1 Å². The van der Waals surface area contributed by atoms with Gasteiger partial charge in [0.15, 0.2) is 0 Å². The highest BCUT2D eigenvalue weighted by Gasteiger charge is 2.20. The minimum atomic E-state index is -0.273. The van der Waals surface area contributed by atoms with Gasteiger partial charge in [0.1, 0.15) is 0 Å². The number of rotatable bonds is 4. The highest BCUT2D eigenvalue weighted by molar-refractivity contribution is 4.74. The van der Waals surface area contributed by atoms with E-state index in [1.165, 1.54) is 0 Å². The highest BCUT2D eigenvalue weighted by Crippen LogP contribution is 2.06. The van der Waals surface area contributed by atoms with E-state index in [4.69, 9.17) is 4.74 Å². The maximum absolute atomic E-state index is 9.57. The average Bonchev–Trinajstić information content (AvgIpc) is 2.09. The van der Waals surface area contributed by atoms with Crippen molar-refractivity contribution >= 4 is 0 Å². The standard InChI is InChI=1S/C9H20N2O2/c1-8-7-13-4-3-11(8)6-9(12)5-10-2/h8-10,12H,3-7H2,1-2H3. The Morgan fingerprint density at radius 3 is 3.08 bits per heavy atom. The Bertz CT molecular complexity index is 144. The van der Waals surface area contributed by atoms with E-state index >= 15 is 0 Å². The molecule has 0 radical (unpaired) electrons. The average molecular weight is 188 g/mol. The normalized spacial score (nSPS) is 27.5. The maximum Gasteiger partial charge on any atom is 0.0791 e. The summed E-state index contributed by atoms with van der Waals surface area (Å²) in [6, 6.07) is 0.431. The zero-order chi connectivity index (χ0) is 9.68. The molecule has 1 rings (SSSR count). The number of nitrogens with one attached hydrogen (secondary N) is 1. The van der Waals surface area contributed by atoms with Crippen LogP contribution in [0.4, 0.5) is 0 Å². The van der Waals surface area contributed by atoms with Crippen molar-refractivity contribution in [3.63, 3.8) is 0 Å². The minimum absolute atomic E-state index is 0.273. The Hall–Kier alpha value is -0.160. The molecule has 1 saturated heterocycles. The summed E-state index contributed by atoms with van der Waals surface area (Å²) in [4.78, 5) is 2.27. The number of ether oxygens (including phenoxy) is 1. The van der Waals surface area contributed by atoms with Crippen LogP contribution in [0.2, 0.25) is 0 Å². The topological polar surface area (TPSA) is 44.7 Å². The lowest BCUT2D eigenvalue weighted by Gasteiger charge is -2.34. The van der Waals surface area contributed by atoms with Crippen molar-refractivity contribution in [2.75, 3.05) is 39.9 Å². The largest absolute Gasteiger partial charge is 0.390 e. The molecule has 0 amide bonds. The first-order chi connectivity index (χ1) is 6.24. The summed E-state index contributed by atoms with van der Waals surface area (Å²) in [5.41, 5.74) is 0. The molecule has 2 unspecified atom stereocenters. The van der Waals surface area contributed by atoms with Gasteiger partial charge in [-0.15, -0.1) is 0 Å². The van der Waals surface area contributed by atoms with Crippen LogP contribution in [0.5, 0.6) is 0 Å². The van der Waals surface area contributed by atoms with Gasteiger partial charge in [-0.25, -0.2) is 0 Å². The fourth-order valence-corrected chi connectivity index (χ4v) is 1.60. The van der Waals surface area contributed by atoms with E-state index in [-0.39, 0.29) is 6.10 Å². The van der Waals surface area contributed by atoms with Gasteiger partial charge < -0.3 is 15.2 Å². The molecule has 0 aromatic carbocycles. The molecule has 2 N–H and O–H groups in total. The number of hydrogen-bond acceptors (Lipinski definition) is 4. The second-order valence-electron chi connectivity index (χ2n) is 3.63. The molecule has 0 bridgehead atoms. The molecule has 0 aromatic rings. The van der Waals surface area contributed by atoms with E-state index in [1.807, 2.05) is 7.05 Å². The quantitative estimate of drug-likeness (QED) is 0.611. The molecule has 13 heavy (non-hydrogen) atoms. The van der Waals surface area contributed by atoms with Gasteiger partial charge in [0.2, 0.25) is 0 Å². The van der Waals surface area contributed by atoms with Crippen LogP contribution in [0, 0.1) is 0 Å². The Morgan fingerprint density at radius 1 is 1.69 bits per heavy atom.